The van der Waals surface area contributed by atoms with Crippen LogP contribution in [0.3, 0.4) is 0 Å². The third-order valence-corrected chi connectivity index (χ3v) is 5.80. The zero-order valence-corrected chi connectivity index (χ0v) is 17.9. The summed E-state index contributed by atoms with van der Waals surface area (Å²) in [4.78, 5) is 9.02. The highest BCUT2D eigenvalue weighted by Gasteiger charge is 2.11. The van der Waals surface area contributed by atoms with Gasteiger partial charge in [0.2, 0.25) is 0 Å². The van der Waals surface area contributed by atoms with Crippen LogP contribution in [0.1, 0.15) is 16.7 Å². The summed E-state index contributed by atoms with van der Waals surface area (Å²) in [6.45, 7) is 0.675. The summed E-state index contributed by atoms with van der Waals surface area (Å²) in [5, 5.41) is 2.21. The molecule has 0 fully saturated rings. The third kappa shape index (κ3) is 4.26. The van der Waals surface area contributed by atoms with Gasteiger partial charge in [-0.25, -0.2) is 4.98 Å². The fraction of sp³-hybridized carbons (Fsp3) is 0.143. The summed E-state index contributed by atoms with van der Waals surface area (Å²) < 4.78 is 5.92. The Kier molecular flexibility index (Phi) is 5.67. The summed E-state index contributed by atoms with van der Waals surface area (Å²) in [6.07, 6.45) is 4.57. The summed E-state index contributed by atoms with van der Waals surface area (Å²) in [5.74, 6) is 1.39. The van der Waals surface area contributed by atoms with Gasteiger partial charge in [0, 0.05) is 23.4 Å². The second-order valence-electron chi connectivity index (χ2n) is 7.94. The minimum atomic E-state index is 0.484. The van der Waals surface area contributed by atoms with Crippen molar-refractivity contribution in [2.75, 3.05) is 12.3 Å². The van der Waals surface area contributed by atoms with E-state index in [2.05, 4.69) is 70.6 Å². The van der Waals surface area contributed by atoms with E-state index in [0.717, 1.165) is 46.8 Å². The number of nitrogens with zero attached hydrogens (tertiary/aromatic N) is 2. The van der Waals surface area contributed by atoms with E-state index in [4.69, 9.17) is 10.5 Å². The number of aryl methyl sites for hydroxylation is 2. The molecule has 0 spiro atoms. The second-order valence-corrected chi connectivity index (χ2v) is 7.94. The van der Waals surface area contributed by atoms with Gasteiger partial charge in [0.1, 0.15) is 11.3 Å². The second kappa shape index (κ2) is 9.06. The number of rotatable bonds is 7. The predicted molar refractivity (Wildman–Crippen MR) is 131 cm³/mol. The van der Waals surface area contributed by atoms with Gasteiger partial charge >= 0.3 is 0 Å². The Morgan fingerprint density at radius 2 is 1.47 bits per heavy atom. The molecule has 0 atom stereocenters. The van der Waals surface area contributed by atoms with Crippen molar-refractivity contribution in [3.8, 4) is 5.75 Å². The molecule has 0 aliphatic rings. The summed E-state index contributed by atoms with van der Waals surface area (Å²) >= 11 is 0. The molecule has 2 aromatic heterocycles. The van der Waals surface area contributed by atoms with Crippen LogP contribution in [0.5, 0.6) is 5.75 Å². The number of hydrogen-bond donors (Lipinski definition) is 1. The SMILES string of the molecule is Nc1nc2ccccc2c2c(CCc3ccc(OCCc4ccccc4)cc3)ccnc12. The van der Waals surface area contributed by atoms with Gasteiger partial charge in [-0.1, -0.05) is 60.7 Å². The van der Waals surface area contributed by atoms with E-state index < -0.39 is 0 Å². The van der Waals surface area contributed by atoms with E-state index in [9.17, 15) is 0 Å². The first-order chi connectivity index (χ1) is 15.8. The number of aromatic nitrogens is 2. The summed E-state index contributed by atoms with van der Waals surface area (Å²) in [5.41, 5.74) is 11.7. The maximum atomic E-state index is 6.20. The lowest BCUT2D eigenvalue weighted by Crippen LogP contribution is -2.01. The molecule has 2 N–H and O–H groups in total. The zero-order chi connectivity index (χ0) is 21.8. The number of benzene rings is 3. The number of para-hydroxylation sites is 1. The van der Waals surface area contributed by atoms with Gasteiger partial charge in [0.05, 0.1) is 12.1 Å². The molecule has 0 aliphatic carbocycles. The first-order valence-corrected chi connectivity index (χ1v) is 11.0. The Bertz CT molecular complexity index is 1350. The Morgan fingerprint density at radius 3 is 2.31 bits per heavy atom. The molecular weight excluding hydrogens is 394 g/mol. The van der Waals surface area contributed by atoms with Crippen molar-refractivity contribution >= 4 is 27.6 Å². The third-order valence-electron chi connectivity index (χ3n) is 5.80. The smallest absolute Gasteiger partial charge is 0.150 e. The molecule has 4 heteroatoms. The fourth-order valence-electron chi connectivity index (χ4n) is 4.13. The zero-order valence-electron chi connectivity index (χ0n) is 17.9. The van der Waals surface area contributed by atoms with Crippen molar-refractivity contribution in [2.45, 2.75) is 19.3 Å². The summed E-state index contributed by atoms with van der Waals surface area (Å²) in [6, 6.07) is 29.0. The molecular formula is C28H25N3O. The van der Waals surface area contributed by atoms with Gasteiger partial charge in [-0.15, -0.1) is 0 Å². The van der Waals surface area contributed by atoms with Crippen LogP contribution in [0, 0.1) is 0 Å². The van der Waals surface area contributed by atoms with E-state index in [0.29, 0.717) is 12.4 Å². The number of nitrogen functional groups attached to an aromatic ring is 1. The number of fused-ring (bicyclic) bond motifs is 3. The average molecular weight is 420 g/mol. The molecule has 158 valence electrons. The molecule has 4 nitrogen and oxygen atoms in total. The van der Waals surface area contributed by atoms with Gasteiger partial charge in [-0.2, -0.15) is 0 Å². The normalized spacial score (nSPS) is 11.1. The minimum absolute atomic E-state index is 0.484. The van der Waals surface area contributed by atoms with E-state index in [1.807, 2.05) is 30.5 Å². The highest BCUT2D eigenvalue weighted by molar-refractivity contribution is 6.09. The van der Waals surface area contributed by atoms with Gasteiger partial charge < -0.3 is 10.5 Å². The average Bonchev–Trinajstić information content (AvgIpc) is 2.84. The molecule has 5 aromatic rings. The molecule has 0 aliphatic heterocycles. The monoisotopic (exact) mass is 419 g/mol. The van der Waals surface area contributed by atoms with Crippen molar-refractivity contribution < 1.29 is 4.74 Å². The van der Waals surface area contributed by atoms with Crippen LogP contribution in [0.25, 0.3) is 21.8 Å². The standard InChI is InChI=1S/C28H25N3O/c29-28-27-26(24-8-4-5-9-25(24)31-28)22(16-18-30-27)13-10-21-11-14-23(15-12-21)32-19-17-20-6-2-1-3-7-20/h1-9,11-12,14-16,18H,10,13,17,19H2,(H2,29,31). The molecule has 3 aromatic carbocycles. The van der Waals surface area contributed by atoms with Crippen molar-refractivity contribution in [3.05, 3.63) is 108 Å². The van der Waals surface area contributed by atoms with Gasteiger partial charge in [0.15, 0.2) is 5.82 Å². The Labute approximate surface area is 187 Å². The fourth-order valence-corrected chi connectivity index (χ4v) is 4.13. The minimum Gasteiger partial charge on any atom is -0.493 e. The highest BCUT2D eigenvalue weighted by Crippen LogP contribution is 2.29. The quantitative estimate of drug-likeness (QED) is 0.340. The Hall–Kier alpha value is -3.92. The van der Waals surface area contributed by atoms with E-state index in [1.165, 1.54) is 16.7 Å². The van der Waals surface area contributed by atoms with E-state index in [-0.39, 0.29) is 0 Å². The molecule has 0 bridgehead atoms. The molecule has 0 unspecified atom stereocenters. The number of pyridine rings is 2. The maximum absolute atomic E-state index is 6.20. The van der Waals surface area contributed by atoms with Crippen molar-refractivity contribution in [1.29, 1.82) is 0 Å². The van der Waals surface area contributed by atoms with Crippen LogP contribution in [0.2, 0.25) is 0 Å². The Balaban J connectivity index is 1.29. The van der Waals surface area contributed by atoms with Crippen molar-refractivity contribution in [1.82, 2.24) is 9.97 Å². The molecule has 2 heterocycles. The van der Waals surface area contributed by atoms with Crippen LogP contribution in [-0.2, 0) is 19.3 Å². The molecule has 32 heavy (non-hydrogen) atoms. The highest BCUT2D eigenvalue weighted by atomic mass is 16.5. The van der Waals surface area contributed by atoms with Gasteiger partial charge in [-0.3, -0.25) is 4.98 Å². The summed E-state index contributed by atoms with van der Waals surface area (Å²) in [7, 11) is 0. The molecule has 0 amide bonds. The van der Waals surface area contributed by atoms with E-state index in [1.54, 1.807) is 0 Å². The van der Waals surface area contributed by atoms with Gasteiger partial charge in [0.25, 0.3) is 0 Å². The topological polar surface area (TPSA) is 61.0 Å². The predicted octanol–water partition coefficient (Wildman–Crippen LogP) is 5.77. The first kappa shape index (κ1) is 20.0. The van der Waals surface area contributed by atoms with Crippen LogP contribution >= 0.6 is 0 Å². The molecule has 0 saturated carbocycles. The lowest BCUT2D eigenvalue weighted by Gasteiger charge is -2.11. The van der Waals surface area contributed by atoms with Gasteiger partial charge in [-0.05, 0) is 53.8 Å². The lowest BCUT2D eigenvalue weighted by molar-refractivity contribution is 0.322. The van der Waals surface area contributed by atoms with Crippen LogP contribution in [0.15, 0.2) is 91.1 Å². The van der Waals surface area contributed by atoms with Crippen LogP contribution in [0.4, 0.5) is 5.82 Å². The molecule has 0 radical (unpaired) electrons. The van der Waals surface area contributed by atoms with Crippen molar-refractivity contribution in [2.24, 2.45) is 0 Å². The number of hydrogen-bond acceptors (Lipinski definition) is 4. The lowest BCUT2D eigenvalue weighted by atomic mass is 9.98. The Morgan fingerprint density at radius 1 is 0.719 bits per heavy atom. The first-order valence-electron chi connectivity index (χ1n) is 11.0. The number of nitrogens with two attached hydrogens (primary N) is 1. The molecule has 0 saturated heterocycles. The molecule has 5 rings (SSSR count). The van der Waals surface area contributed by atoms with Crippen molar-refractivity contribution in [3.63, 3.8) is 0 Å². The maximum Gasteiger partial charge on any atom is 0.150 e. The number of anilines is 1. The number of ether oxygens (including phenoxy) is 1. The van der Waals surface area contributed by atoms with Crippen LogP contribution in [-0.4, -0.2) is 16.6 Å². The largest absolute Gasteiger partial charge is 0.493 e. The van der Waals surface area contributed by atoms with E-state index >= 15 is 0 Å². The van der Waals surface area contributed by atoms with Crippen LogP contribution < -0.4 is 10.5 Å².